The van der Waals surface area contributed by atoms with E-state index in [2.05, 4.69) is 41.2 Å². The molecule has 0 bridgehead atoms. The predicted molar refractivity (Wildman–Crippen MR) is 167 cm³/mol. The fourth-order valence-corrected chi connectivity index (χ4v) is 7.66. The molecule has 9 nitrogen and oxygen atoms in total. The summed E-state index contributed by atoms with van der Waals surface area (Å²) in [6.45, 7) is 12.5. The molecular formula is C30H38ClN5O4S2. The Labute approximate surface area is 260 Å². The Morgan fingerprint density at radius 1 is 1.19 bits per heavy atom. The molecular weight excluding hydrogens is 594 g/mol. The number of ether oxygens (including phenoxy) is 2. The van der Waals surface area contributed by atoms with Gasteiger partial charge < -0.3 is 14.8 Å². The normalized spacial score (nSPS) is 17.6. The number of benzene rings is 1. The summed E-state index contributed by atoms with van der Waals surface area (Å²) >= 11 is 8.97. The predicted octanol–water partition coefficient (Wildman–Crippen LogP) is 5.87. The lowest BCUT2D eigenvalue weighted by atomic mass is 9.72. The first kappa shape index (κ1) is 31.0. The number of halogens is 1. The number of rotatable bonds is 9. The van der Waals surface area contributed by atoms with E-state index >= 15 is 0 Å². The van der Waals surface area contributed by atoms with Crippen LogP contribution in [-0.2, 0) is 33.7 Å². The second-order valence-corrected chi connectivity index (χ2v) is 14.2. The van der Waals surface area contributed by atoms with Gasteiger partial charge in [0.1, 0.15) is 5.00 Å². The number of hydrogen-bond acceptors (Lipinski definition) is 9. The lowest BCUT2D eigenvalue weighted by Gasteiger charge is -2.33. The van der Waals surface area contributed by atoms with Gasteiger partial charge in [-0.2, -0.15) is 0 Å². The molecule has 1 atom stereocenters. The van der Waals surface area contributed by atoms with E-state index in [4.69, 9.17) is 21.1 Å². The summed E-state index contributed by atoms with van der Waals surface area (Å²) in [6, 6.07) is 7.50. The zero-order chi connectivity index (χ0) is 29.9. The molecule has 0 unspecified atom stereocenters. The highest BCUT2D eigenvalue weighted by Gasteiger charge is 2.34. The van der Waals surface area contributed by atoms with Crippen LogP contribution in [0.4, 0.5) is 5.00 Å². The highest BCUT2D eigenvalue weighted by Crippen LogP contribution is 2.44. The van der Waals surface area contributed by atoms with Gasteiger partial charge in [-0.3, -0.25) is 14.3 Å². The number of thioether (sulfide) groups is 1. The molecule has 3 aromatic rings. The van der Waals surface area contributed by atoms with Crippen molar-refractivity contribution in [2.24, 2.45) is 11.3 Å². The first-order valence-corrected chi connectivity index (χ1v) is 16.6. The van der Waals surface area contributed by atoms with E-state index in [0.29, 0.717) is 46.4 Å². The van der Waals surface area contributed by atoms with Crippen molar-refractivity contribution in [2.75, 3.05) is 44.0 Å². The minimum Gasteiger partial charge on any atom is -0.462 e. The van der Waals surface area contributed by atoms with Crippen LogP contribution in [-0.4, -0.2) is 70.2 Å². The molecule has 1 fully saturated rings. The first-order chi connectivity index (χ1) is 20.1. The summed E-state index contributed by atoms with van der Waals surface area (Å²) in [4.78, 5) is 29.8. The summed E-state index contributed by atoms with van der Waals surface area (Å²) in [6.07, 6.45) is 2.72. The zero-order valence-electron chi connectivity index (χ0n) is 24.6. The number of carbonyl (C=O) groups excluding carboxylic acids is 2. The maximum absolute atomic E-state index is 13.3. The molecule has 2 aromatic heterocycles. The maximum atomic E-state index is 13.3. The van der Waals surface area contributed by atoms with Crippen molar-refractivity contribution in [3.63, 3.8) is 0 Å². The van der Waals surface area contributed by atoms with E-state index in [0.717, 1.165) is 49.4 Å². The van der Waals surface area contributed by atoms with E-state index in [1.165, 1.54) is 28.0 Å². The smallest absolute Gasteiger partial charge is 0.341 e. The second-order valence-electron chi connectivity index (χ2n) is 11.7. The Morgan fingerprint density at radius 2 is 1.93 bits per heavy atom. The van der Waals surface area contributed by atoms with Gasteiger partial charge in [-0.05, 0) is 67.3 Å². The van der Waals surface area contributed by atoms with Gasteiger partial charge in [-0.25, -0.2) is 4.79 Å². The highest BCUT2D eigenvalue weighted by atomic mass is 35.5. The van der Waals surface area contributed by atoms with Gasteiger partial charge in [0.2, 0.25) is 5.91 Å². The van der Waals surface area contributed by atoms with E-state index < -0.39 is 0 Å². The number of carbonyl (C=O) groups is 2. The third-order valence-corrected chi connectivity index (χ3v) is 10.2. The van der Waals surface area contributed by atoms with Crippen LogP contribution in [0.1, 0.15) is 60.7 Å². The van der Waals surface area contributed by atoms with Crippen LogP contribution in [0.25, 0.3) is 5.69 Å². The van der Waals surface area contributed by atoms with E-state index in [1.807, 2.05) is 28.8 Å². The summed E-state index contributed by atoms with van der Waals surface area (Å²) < 4.78 is 12.9. The average Bonchev–Trinajstić information content (AvgIpc) is 3.52. The number of amides is 1. The minimum atomic E-state index is -0.373. The molecule has 0 spiro atoms. The Morgan fingerprint density at radius 3 is 2.62 bits per heavy atom. The lowest BCUT2D eigenvalue weighted by molar-refractivity contribution is -0.113. The average molecular weight is 632 g/mol. The quantitative estimate of drug-likeness (QED) is 0.231. The van der Waals surface area contributed by atoms with Crippen LogP contribution < -0.4 is 5.32 Å². The summed E-state index contributed by atoms with van der Waals surface area (Å²) in [5.41, 5.74) is 2.59. The summed E-state index contributed by atoms with van der Waals surface area (Å²) in [5.74, 6) is 0.827. The number of aromatic nitrogens is 3. The van der Waals surface area contributed by atoms with Crippen molar-refractivity contribution in [3.05, 3.63) is 51.1 Å². The van der Waals surface area contributed by atoms with Crippen molar-refractivity contribution < 1.29 is 19.1 Å². The molecule has 0 saturated carbocycles. The van der Waals surface area contributed by atoms with Gasteiger partial charge >= 0.3 is 5.97 Å². The fourth-order valence-electron chi connectivity index (χ4n) is 5.43. The third kappa shape index (κ3) is 7.19. The van der Waals surface area contributed by atoms with Gasteiger partial charge in [0, 0.05) is 28.7 Å². The van der Waals surface area contributed by atoms with Gasteiger partial charge in [0.25, 0.3) is 0 Å². The molecule has 1 aliphatic carbocycles. The maximum Gasteiger partial charge on any atom is 0.341 e. The molecule has 12 heteroatoms. The van der Waals surface area contributed by atoms with Crippen LogP contribution in [0.5, 0.6) is 0 Å². The number of hydrogen-bond donors (Lipinski definition) is 1. The number of thiophene rings is 1. The molecule has 5 rings (SSSR count). The van der Waals surface area contributed by atoms with Crippen LogP contribution >= 0.6 is 34.7 Å². The minimum absolute atomic E-state index is 0.110. The van der Waals surface area contributed by atoms with Crippen molar-refractivity contribution in [2.45, 2.75) is 58.7 Å². The Hall–Kier alpha value is -2.44. The van der Waals surface area contributed by atoms with Gasteiger partial charge in [0.05, 0.1) is 37.7 Å². The van der Waals surface area contributed by atoms with Crippen molar-refractivity contribution in [3.8, 4) is 5.69 Å². The largest absolute Gasteiger partial charge is 0.462 e. The molecule has 1 aromatic carbocycles. The van der Waals surface area contributed by atoms with E-state index in [1.54, 1.807) is 6.92 Å². The molecule has 0 radical (unpaired) electrons. The van der Waals surface area contributed by atoms with Crippen LogP contribution in [0.2, 0.25) is 5.02 Å². The number of morpholine rings is 1. The van der Waals surface area contributed by atoms with Gasteiger partial charge in [-0.15, -0.1) is 21.5 Å². The van der Waals surface area contributed by atoms with Crippen LogP contribution in [0, 0.1) is 11.3 Å². The monoisotopic (exact) mass is 631 g/mol. The number of nitrogens with one attached hydrogen (secondary N) is 1. The second kappa shape index (κ2) is 13.5. The Balaban J connectivity index is 1.34. The van der Waals surface area contributed by atoms with E-state index in [-0.39, 0.29) is 29.7 Å². The van der Waals surface area contributed by atoms with Crippen LogP contribution in [0.3, 0.4) is 0 Å². The van der Waals surface area contributed by atoms with Crippen molar-refractivity contribution in [1.29, 1.82) is 0 Å². The molecule has 1 amide bonds. The topological polar surface area (TPSA) is 98.6 Å². The molecule has 1 N–H and O–H groups in total. The Kier molecular flexibility index (Phi) is 9.94. The lowest BCUT2D eigenvalue weighted by Crippen LogP contribution is -2.36. The van der Waals surface area contributed by atoms with Crippen LogP contribution in [0.15, 0.2) is 29.4 Å². The zero-order valence-corrected chi connectivity index (χ0v) is 27.0. The first-order valence-electron chi connectivity index (χ1n) is 14.4. The molecule has 1 aliphatic heterocycles. The molecule has 42 heavy (non-hydrogen) atoms. The number of fused-ring (bicyclic) bond motifs is 1. The van der Waals surface area contributed by atoms with Crippen molar-refractivity contribution in [1.82, 2.24) is 19.7 Å². The van der Waals surface area contributed by atoms with Gasteiger partial charge in [-0.1, -0.05) is 44.1 Å². The number of esters is 1. The van der Waals surface area contributed by atoms with Gasteiger partial charge in [0.15, 0.2) is 11.0 Å². The summed E-state index contributed by atoms with van der Waals surface area (Å²) in [5, 5.41) is 13.8. The van der Waals surface area contributed by atoms with Crippen molar-refractivity contribution >= 4 is 51.6 Å². The molecule has 1 saturated heterocycles. The Bertz CT molecular complexity index is 1410. The third-order valence-electron chi connectivity index (χ3n) is 7.81. The highest BCUT2D eigenvalue weighted by molar-refractivity contribution is 7.99. The number of nitrogens with zero attached hydrogens (tertiary/aromatic N) is 4. The SMILES string of the molecule is CCOC(=O)c1c(NC(=O)CSc2nnc(CN3CCOCC3)n2-c2ccc(Cl)cc2)sc2c1CC[C@H](C(C)(C)C)C2. The summed E-state index contributed by atoms with van der Waals surface area (Å²) in [7, 11) is 0. The molecule has 2 aliphatic rings. The number of anilines is 1. The molecule has 3 heterocycles. The molecule has 226 valence electrons. The standard InChI is InChI=1S/C30H38ClN5O4S2/c1-5-40-28(38)26-22-11-6-19(30(2,3)4)16-23(22)42-27(26)32-25(37)18-41-29-34-33-24(17-35-12-14-39-15-13-35)36(29)21-9-7-20(31)8-10-21/h7-10,19H,5-6,11-18H2,1-4H3,(H,32,37)/t19-/m0/s1. The van der Waals surface area contributed by atoms with E-state index in [9.17, 15) is 9.59 Å². The fraction of sp³-hybridized carbons (Fsp3) is 0.533.